The lowest BCUT2D eigenvalue weighted by Crippen LogP contribution is -2.42. The fourth-order valence-electron chi connectivity index (χ4n) is 0.568. The Hall–Kier alpha value is -1.69. The molecule has 1 rings (SSSR count). The molecule has 0 aliphatic heterocycles. The molecule has 11 heavy (non-hydrogen) atoms. The molecule has 2 amide bonds. The number of rotatable bonds is 2. The number of amides is 2. The molecular weight excluding hydrogens is 146 g/mol. The zero-order chi connectivity index (χ0) is 8.10. The highest BCUT2D eigenvalue weighted by Gasteiger charge is 1.93. The van der Waals surface area contributed by atoms with E-state index in [4.69, 9.17) is 5.84 Å². The molecular formula is C5H9N5O. The van der Waals surface area contributed by atoms with Crippen LogP contribution in [0.4, 0.5) is 10.6 Å². The first-order valence-electron chi connectivity index (χ1n) is 2.99. The van der Waals surface area contributed by atoms with Crippen molar-refractivity contribution in [2.75, 3.05) is 5.43 Å². The van der Waals surface area contributed by atoms with Crippen molar-refractivity contribution in [2.24, 2.45) is 5.84 Å². The van der Waals surface area contributed by atoms with Crippen LogP contribution in [0.25, 0.3) is 0 Å². The maximum atomic E-state index is 10.5. The summed E-state index contributed by atoms with van der Waals surface area (Å²) in [5, 5.41) is 0. The van der Waals surface area contributed by atoms with Crippen molar-refractivity contribution in [3.05, 3.63) is 18.3 Å². The minimum Gasteiger partial charge on any atom is -0.347 e. The molecule has 0 fully saturated rings. The Balaban J connectivity index is 2.29. The maximum Gasteiger partial charge on any atom is 0.347 e. The minimum absolute atomic E-state index is 0.500. The van der Waals surface area contributed by atoms with Crippen molar-refractivity contribution in [1.29, 1.82) is 0 Å². The van der Waals surface area contributed by atoms with Crippen molar-refractivity contribution in [1.82, 2.24) is 15.8 Å². The van der Waals surface area contributed by atoms with Gasteiger partial charge in [0, 0.05) is 6.20 Å². The van der Waals surface area contributed by atoms with Crippen LogP contribution in [0, 0.1) is 0 Å². The topological polar surface area (TPSA) is 95.0 Å². The van der Waals surface area contributed by atoms with Gasteiger partial charge in [0.05, 0.1) is 0 Å². The summed E-state index contributed by atoms with van der Waals surface area (Å²) >= 11 is 0. The Labute approximate surface area is 63.1 Å². The third-order valence-electron chi connectivity index (χ3n) is 1.04. The normalized spacial score (nSPS) is 8.82. The molecule has 1 aromatic heterocycles. The van der Waals surface area contributed by atoms with Gasteiger partial charge in [0.15, 0.2) is 0 Å². The minimum atomic E-state index is -0.500. The molecule has 0 saturated carbocycles. The van der Waals surface area contributed by atoms with E-state index in [1.165, 1.54) is 0 Å². The third-order valence-corrected chi connectivity index (χ3v) is 1.04. The molecule has 0 aliphatic rings. The molecule has 0 radical (unpaired) electrons. The van der Waals surface area contributed by atoms with Crippen LogP contribution in [0.5, 0.6) is 0 Å². The van der Waals surface area contributed by atoms with Gasteiger partial charge in [-0.2, -0.15) is 0 Å². The summed E-state index contributed by atoms with van der Waals surface area (Å²) in [6.07, 6.45) is 1.73. The second-order valence-corrected chi connectivity index (χ2v) is 1.81. The summed E-state index contributed by atoms with van der Waals surface area (Å²) in [5.74, 6) is 5.49. The highest BCUT2D eigenvalue weighted by Crippen LogP contribution is 1.97. The van der Waals surface area contributed by atoms with E-state index >= 15 is 0 Å². The SMILES string of the molecule is NNC(=O)NNc1ccc[nH]1. The summed E-state index contributed by atoms with van der Waals surface area (Å²) in [4.78, 5) is 13.3. The fraction of sp³-hybridized carbons (Fsp3) is 0. The van der Waals surface area contributed by atoms with E-state index in [2.05, 4.69) is 15.8 Å². The van der Waals surface area contributed by atoms with Crippen LogP contribution in [0.3, 0.4) is 0 Å². The molecule has 60 valence electrons. The Morgan fingerprint density at radius 3 is 3.00 bits per heavy atom. The van der Waals surface area contributed by atoms with Gasteiger partial charge in [-0.05, 0) is 12.1 Å². The molecule has 0 aromatic carbocycles. The quantitative estimate of drug-likeness (QED) is 0.226. The highest BCUT2D eigenvalue weighted by atomic mass is 16.2. The number of hydrogen-bond acceptors (Lipinski definition) is 3. The lowest BCUT2D eigenvalue weighted by atomic mass is 10.6. The Morgan fingerprint density at radius 1 is 1.64 bits per heavy atom. The van der Waals surface area contributed by atoms with Crippen molar-refractivity contribution in [3.63, 3.8) is 0 Å². The summed E-state index contributed by atoms with van der Waals surface area (Å²) < 4.78 is 0. The van der Waals surface area contributed by atoms with Crippen molar-refractivity contribution < 1.29 is 4.79 Å². The number of H-pyrrole nitrogens is 1. The van der Waals surface area contributed by atoms with Crippen LogP contribution in [-0.4, -0.2) is 11.0 Å². The van der Waals surface area contributed by atoms with Crippen LogP contribution in [-0.2, 0) is 0 Å². The van der Waals surface area contributed by atoms with Crippen LogP contribution in [0.15, 0.2) is 18.3 Å². The first-order valence-corrected chi connectivity index (χ1v) is 2.99. The first-order chi connectivity index (χ1) is 5.33. The summed E-state index contributed by atoms with van der Waals surface area (Å²) in [5.41, 5.74) is 6.76. The average molecular weight is 155 g/mol. The van der Waals surface area contributed by atoms with Gasteiger partial charge in [-0.15, -0.1) is 0 Å². The van der Waals surface area contributed by atoms with Gasteiger partial charge in [-0.25, -0.2) is 16.1 Å². The number of hydrogen-bond donors (Lipinski definition) is 5. The molecule has 0 spiro atoms. The van der Waals surface area contributed by atoms with Crippen LogP contribution < -0.4 is 22.1 Å². The number of hydrazine groups is 2. The lowest BCUT2D eigenvalue weighted by Gasteiger charge is -2.04. The van der Waals surface area contributed by atoms with E-state index < -0.39 is 6.03 Å². The van der Waals surface area contributed by atoms with Crippen molar-refractivity contribution in [2.45, 2.75) is 0 Å². The van der Waals surface area contributed by atoms with Gasteiger partial charge in [-0.3, -0.25) is 10.9 Å². The number of carbonyl (C=O) groups excluding carboxylic acids is 1. The Kier molecular flexibility index (Phi) is 2.34. The molecule has 0 saturated heterocycles. The number of aromatic amines is 1. The third kappa shape index (κ3) is 2.18. The van der Waals surface area contributed by atoms with Gasteiger partial charge in [-0.1, -0.05) is 0 Å². The molecule has 6 N–H and O–H groups in total. The smallest absolute Gasteiger partial charge is 0.347 e. The number of carbonyl (C=O) groups is 1. The summed E-state index contributed by atoms with van der Waals surface area (Å²) in [6, 6.07) is 3.06. The summed E-state index contributed by atoms with van der Waals surface area (Å²) in [6.45, 7) is 0. The zero-order valence-electron chi connectivity index (χ0n) is 5.72. The lowest BCUT2D eigenvalue weighted by molar-refractivity contribution is 0.243. The molecule has 1 heterocycles. The largest absolute Gasteiger partial charge is 0.347 e. The predicted octanol–water partition coefficient (Wildman–Crippen LogP) is -0.486. The van der Waals surface area contributed by atoms with E-state index in [-0.39, 0.29) is 0 Å². The number of anilines is 1. The first kappa shape index (κ1) is 7.42. The molecule has 0 bridgehead atoms. The molecule has 0 atom stereocenters. The van der Waals surface area contributed by atoms with E-state index in [1.54, 1.807) is 18.3 Å². The molecule has 0 unspecified atom stereocenters. The zero-order valence-corrected chi connectivity index (χ0v) is 5.72. The van der Waals surface area contributed by atoms with Gasteiger partial charge < -0.3 is 4.98 Å². The second kappa shape index (κ2) is 3.47. The Bertz CT molecular complexity index is 219. The highest BCUT2D eigenvalue weighted by molar-refractivity contribution is 5.74. The Morgan fingerprint density at radius 2 is 2.45 bits per heavy atom. The summed E-state index contributed by atoms with van der Waals surface area (Å²) in [7, 11) is 0. The van der Waals surface area contributed by atoms with E-state index in [1.807, 2.05) is 5.43 Å². The fourth-order valence-corrected chi connectivity index (χ4v) is 0.568. The number of urea groups is 1. The molecule has 1 aromatic rings. The van der Waals surface area contributed by atoms with E-state index in [0.29, 0.717) is 5.82 Å². The van der Waals surface area contributed by atoms with E-state index in [0.717, 1.165) is 0 Å². The van der Waals surface area contributed by atoms with Crippen LogP contribution in [0.2, 0.25) is 0 Å². The van der Waals surface area contributed by atoms with Crippen molar-refractivity contribution in [3.8, 4) is 0 Å². The maximum absolute atomic E-state index is 10.5. The average Bonchev–Trinajstić information content (AvgIpc) is 2.52. The van der Waals surface area contributed by atoms with Gasteiger partial charge in [0.2, 0.25) is 0 Å². The van der Waals surface area contributed by atoms with E-state index in [9.17, 15) is 4.79 Å². The van der Waals surface area contributed by atoms with Crippen molar-refractivity contribution >= 4 is 11.8 Å². The standard InChI is InChI=1S/C5H9N5O/c6-8-5(11)10-9-4-2-1-3-7-4/h1-3,7,9H,6H2,(H2,8,10,11). The van der Waals surface area contributed by atoms with Gasteiger partial charge in [0.1, 0.15) is 5.82 Å². The second-order valence-electron chi connectivity index (χ2n) is 1.81. The van der Waals surface area contributed by atoms with Gasteiger partial charge in [0.25, 0.3) is 0 Å². The monoisotopic (exact) mass is 155 g/mol. The molecule has 6 nitrogen and oxygen atoms in total. The number of aromatic nitrogens is 1. The van der Waals surface area contributed by atoms with Crippen LogP contribution in [0.1, 0.15) is 0 Å². The number of nitrogens with one attached hydrogen (secondary N) is 4. The predicted molar refractivity (Wildman–Crippen MR) is 40.3 cm³/mol. The van der Waals surface area contributed by atoms with Gasteiger partial charge >= 0.3 is 6.03 Å². The molecule has 0 aliphatic carbocycles. The van der Waals surface area contributed by atoms with Crippen LogP contribution >= 0.6 is 0 Å². The number of nitrogens with two attached hydrogens (primary N) is 1. The molecule has 6 heteroatoms.